The highest BCUT2D eigenvalue weighted by Gasteiger charge is 2.23. The molecule has 0 aliphatic rings. The molecule has 2 aromatic carbocycles. The van der Waals surface area contributed by atoms with Gasteiger partial charge in [-0.2, -0.15) is 0 Å². The summed E-state index contributed by atoms with van der Waals surface area (Å²) >= 11 is 0. The third-order valence-electron chi connectivity index (χ3n) is 3.53. The molecular weight excluding hydrogens is 324 g/mol. The monoisotopic (exact) mass is 344 g/mol. The number of carbonyl (C=O) groups excluding carboxylic acids is 2. The number of nitrogens with one attached hydrogen (secondary N) is 1. The number of alkyl carbamates (subject to hydrolysis) is 1. The SMILES string of the molecule is COC(=O)[C@@H](Cc1ccc(N)c(O)c1)NC(=O)OCc1ccccc1. The Balaban J connectivity index is 1.98. The molecule has 0 saturated heterocycles. The van der Waals surface area contributed by atoms with Gasteiger partial charge in [-0.05, 0) is 23.3 Å². The van der Waals surface area contributed by atoms with Crippen LogP contribution in [0.2, 0.25) is 0 Å². The van der Waals surface area contributed by atoms with Crippen LogP contribution in [0.5, 0.6) is 5.75 Å². The van der Waals surface area contributed by atoms with Crippen LogP contribution in [-0.2, 0) is 27.3 Å². The first-order valence-electron chi connectivity index (χ1n) is 7.62. The highest BCUT2D eigenvalue weighted by atomic mass is 16.6. The minimum Gasteiger partial charge on any atom is -0.506 e. The van der Waals surface area contributed by atoms with E-state index in [0.29, 0.717) is 5.56 Å². The standard InChI is InChI=1S/C18H20N2O5/c1-24-17(22)15(9-13-7-8-14(19)16(21)10-13)20-18(23)25-11-12-5-3-2-4-6-12/h2-8,10,15,21H,9,11,19H2,1H3,(H,20,23)/t15-/m1/s1. The molecule has 1 amide bonds. The van der Waals surface area contributed by atoms with E-state index in [4.69, 9.17) is 15.2 Å². The van der Waals surface area contributed by atoms with Crippen molar-refractivity contribution in [2.24, 2.45) is 0 Å². The first-order chi connectivity index (χ1) is 12.0. The van der Waals surface area contributed by atoms with Gasteiger partial charge in [0.15, 0.2) is 0 Å². The smallest absolute Gasteiger partial charge is 0.408 e. The Morgan fingerprint density at radius 3 is 2.52 bits per heavy atom. The van der Waals surface area contributed by atoms with Crippen molar-refractivity contribution >= 4 is 17.7 Å². The van der Waals surface area contributed by atoms with E-state index < -0.39 is 18.1 Å². The van der Waals surface area contributed by atoms with E-state index in [2.05, 4.69) is 5.32 Å². The number of amides is 1. The van der Waals surface area contributed by atoms with E-state index in [1.165, 1.54) is 19.2 Å². The van der Waals surface area contributed by atoms with Crippen LogP contribution >= 0.6 is 0 Å². The van der Waals surface area contributed by atoms with Gasteiger partial charge in [0.05, 0.1) is 12.8 Å². The largest absolute Gasteiger partial charge is 0.506 e. The Labute approximate surface area is 145 Å². The molecule has 0 aliphatic carbocycles. The van der Waals surface area contributed by atoms with E-state index in [9.17, 15) is 14.7 Å². The van der Waals surface area contributed by atoms with Gasteiger partial charge in [-0.1, -0.05) is 36.4 Å². The Morgan fingerprint density at radius 2 is 1.88 bits per heavy atom. The summed E-state index contributed by atoms with van der Waals surface area (Å²) in [5.41, 5.74) is 7.23. The van der Waals surface area contributed by atoms with Crippen molar-refractivity contribution in [3.05, 3.63) is 59.7 Å². The van der Waals surface area contributed by atoms with Gasteiger partial charge in [0.2, 0.25) is 0 Å². The second-order valence-electron chi connectivity index (χ2n) is 5.38. The maximum Gasteiger partial charge on any atom is 0.408 e. The number of ether oxygens (including phenoxy) is 2. The first kappa shape index (κ1) is 18.1. The van der Waals surface area contributed by atoms with Gasteiger partial charge in [-0.3, -0.25) is 0 Å². The Kier molecular flexibility index (Phi) is 6.22. The summed E-state index contributed by atoms with van der Waals surface area (Å²) in [6, 6.07) is 12.8. The lowest BCUT2D eigenvalue weighted by molar-refractivity contribution is -0.143. The van der Waals surface area contributed by atoms with Crippen molar-refractivity contribution in [1.82, 2.24) is 5.32 Å². The molecule has 0 spiro atoms. The molecule has 7 heteroatoms. The molecule has 2 aromatic rings. The molecule has 132 valence electrons. The van der Waals surface area contributed by atoms with Crippen molar-refractivity contribution < 1.29 is 24.2 Å². The van der Waals surface area contributed by atoms with Crippen LogP contribution < -0.4 is 11.1 Å². The number of rotatable bonds is 6. The number of phenols is 1. The fourth-order valence-corrected chi connectivity index (χ4v) is 2.19. The minimum atomic E-state index is -0.948. The molecule has 1 atom stereocenters. The summed E-state index contributed by atoms with van der Waals surface area (Å²) in [4.78, 5) is 23.8. The van der Waals surface area contributed by atoms with Crippen molar-refractivity contribution in [3.8, 4) is 5.75 Å². The van der Waals surface area contributed by atoms with Gasteiger partial charge in [-0.15, -0.1) is 0 Å². The van der Waals surface area contributed by atoms with Crippen LogP contribution in [0.4, 0.5) is 10.5 Å². The molecule has 0 bridgehead atoms. The summed E-state index contributed by atoms with van der Waals surface area (Å²) in [5.74, 6) is -0.708. The zero-order chi connectivity index (χ0) is 18.2. The average molecular weight is 344 g/mol. The molecule has 0 unspecified atom stereocenters. The number of aromatic hydroxyl groups is 1. The molecule has 2 rings (SSSR count). The van der Waals surface area contributed by atoms with E-state index in [1.54, 1.807) is 6.07 Å². The number of carbonyl (C=O) groups is 2. The van der Waals surface area contributed by atoms with Gasteiger partial charge < -0.3 is 25.6 Å². The second-order valence-corrected chi connectivity index (χ2v) is 5.38. The average Bonchev–Trinajstić information content (AvgIpc) is 2.62. The Hall–Kier alpha value is -3.22. The molecule has 0 saturated carbocycles. The molecule has 0 aliphatic heterocycles. The number of benzene rings is 2. The number of anilines is 1. The summed E-state index contributed by atoms with van der Waals surface area (Å²) in [7, 11) is 1.23. The summed E-state index contributed by atoms with van der Waals surface area (Å²) in [6.07, 6.45) is -0.611. The quantitative estimate of drug-likeness (QED) is 0.420. The molecule has 0 radical (unpaired) electrons. The number of nitrogen functional groups attached to an aromatic ring is 1. The highest BCUT2D eigenvalue weighted by Crippen LogP contribution is 2.21. The van der Waals surface area contributed by atoms with Crippen molar-refractivity contribution in [2.75, 3.05) is 12.8 Å². The fourth-order valence-electron chi connectivity index (χ4n) is 2.19. The van der Waals surface area contributed by atoms with Gasteiger partial charge >= 0.3 is 12.1 Å². The predicted octanol–water partition coefficient (Wildman–Crippen LogP) is 1.98. The molecule has 0 heterocycles. The van der Waals surface area contributed by atoms with Crippen LogP contribution in [-0.4, -0.2) is 30.3 Å². The van der Waals surface area contributed by atoms with Gasteiger partial charge in [0, 0.05) is 6.42 Å². The van der Waals surface area contributed by atoms with E-state index in [-0.39, 0.29) is 24.5 Å². The van der Waals surface area contributed by atoms with Gasteiger partial charge in [-0.25, -0.2) is 9.59 Å². The number of methoxy groups -OCH3 is 1. The topological polar surface area (TPSA) is 111 Å². The van der Waals surface area contributed by atoms with E-state index in [0.717, 1.165) is 5.56 Å². The fraction of sp³-hybridized carbons (Fsp3) is 0.222. The lowest BCUT2D eigenvalue weighted by Gasteiger charge is -2.17. The number of nitrogens with two attached hydrogens (primary N) is 1. The van der Waals surface area contributed by atoms with E-state index in [1.807, 2.05) is 30.3 Å². The van der Waals surface area contributed by atoms with Crippen LogP contribution in [0.15, 0.2) is 48.5 Å². The molecule has 7 nitrogen and oxygen atoms in total. The molecule has 0 aromatic heterocycles. The second kappa shape index (κ2) is 8.58. The van der Waals surface area contributed by atoms with Gasteiger partial charge in [0.25, 0.3) is 0 Å². The Bertz CT molecular complexity index is 734. The van der Waals surface area contributed by atoms with Crippen LogP contribution in [0, 0.1) is 0 Å². The number of esters is 1. The Morgan fingerprint density at radius 1 is 1.16 bits per heavy atom. The number of phenolic OH excluding ortho intramolecular Hbond substituents is 1. The third-order valence-corrected chi connectivity index (χ3v) is 3.53. The molecular formula is C18H20N2O5. The van der Waals surface area contributed by atoms with Crippen molar-refractivity contribution in [2.45, 2.75) is 19.1 Å². The van der Waals surface area contributed by atoms with Crippen molar-refractivity contribution in [1.29, 1.82) is 0 Å². The predicted molar refractivity (Wildman–Crippen MR) is 91.8 cm³/mol. The van der Waals surface area contributed by atoms with Crippen LogP contribution in [0.1, 0.15) is 11.1 Å². The zero-order valence-corrected chi connectivity index (χ0v) is 13.8. The van der Waals surface area contributed by atoms with Crippen molar-refractivity contribution in [3.63, 3.8) is 0 Å². The zero-order valence-electron chi connectivity index (χ0n) is 13.8. The van der Waals surface area contributed by atoms with Crippen LogP contribution in [0.25, 0.3) is 0 Å². The van der Waals surface area contributed by atoms with E-state index >= 15 is 0 Å². The lowest BCUT2D eigenvalue weighted by Crippen LogP contribution is -2.43. The lowest BCUT2D eigenvalue weighted by atomic mass is 10.1. The molecule has 4 N–H and O–H groups in total. The maximum absolute atomic E-state index is 11.9. The maximum atomic E-state index is 11.9. The summed E-state index contributed by atoms with van der Waals surface area (Å²) in [5, 5.41) is 12.1. The minimum absolute atomic E-state index is 0.0865. The normalized spacial score (nSPS) is 11.4. The summed E-state index contributed by atoms with van der Waals surface area (Å²) < 4.78 is 9.81. The highest BCUT2D eigenvalue weighted by molar-refractivity contribution is 5.81. The molecule has 25 heavy (non-hydrogen) atoms. The summed E-state index contributed by atoms with van der Waals surface area (Å²) in [6.45, 7) is 0.0865. The molecule has 0 fully saturated rings. The third kappa shape index (κ3) is 5.42. The number of hydrogen-bond donors (Lipinski definition) is 3. The first-order valence-corrected chi connectivity index (χ1v) is 7.62. The number of hydrogen-bond acceptors (Lipinski definition) is 6. The van der Waals surface area contributed by atoms with Crippen LogP contribution in [0.3, 0.4) is 0 Å². The van der Waals surface area contributed by atoms with Gasteiger partial charge in [0.1, 0.15) is 18.4 Å².